The highest BCUT2D eigenvalue weighted by molar-refractivity contribution is 9.10. The number of methoxy groups -OCH3 is 1. The molecule has 0 atom stereocenters. The van der Waals surface area contributed by atoms with Crippen LogP contribution in [0.15, 0.2) is 32.0 Å². The fourth-order valence-corrected chi connectivity index (χ4v) is 1.71. The first kappa shape index (κ1) is 9.97. The van der Waals surface area contributed by atoms with Crippen molar-refractivity contribution < 1.29 is 9.26 Å². The maximum atomic E-state index is 10.8. The fraction of sp³-hybridized carbons (Fsp3) is 0.111. The molecule has 2 aromatic rings. The number of hydrogen-bond acceptors (Lipinski definition) is 4. The Morgan fingerprint density at radius 1 is 1.53 bits per heavy atom. The van der Waals surface area contributed by atoms with Crippen LogP contribution in [0.25, 0.3) is 11.4 Å². The van der Waals surface area contributed by atoms with E-state index in [1.165, 1.54) is 0 Å². The highest BCUT2D eigenvalue weighted by Gasteiger charge is 2.08. The first-order chi connectivity index (χ1) is 7.20. The summed E-state index contributed by atoms with van der Waals surface area (Å²) in [5, 5.41) is 3.59. The third-order valence-electron chi connectivity index (χ3n) is 1.87. The van der Waals surface area contributed by atoms with Crippen molar-refractivity contribution in [1.29, 1.82) is 0 Å². The second-order valence-corrected chi connectivity index (χ2v) is 3.64. The highest BCUT2D eigenvalue weighted by atomic mass is 79.9. The number of nitrogens with zero attached hydrogens (tertiary/aromatic N) is 1. The normalized spacial score (nSPS) is 10.3. The molecule has 0 saturated carbocycles. The number of hydrogen-bond donors (Lipinski definition) is 1. The lowest BCUT2D eigenvalue weighted by molar-refractivity contribution is 0.388. The summed E-state index contributed by atoms with van der Waals surface area (Å²) in [7, 11) is 1.58. The van der Waals surface area contributed by atoms with E-state index in [4.69, 9.17) is 4.74 Å². The standard InChI is InChI=1S/C9H7BrN2O3/c1-14-5-2-3-6(7(10)4-5)8-11-9(13)15-12-8/h2-4H,1H3,(H,11,12,13). The van der Waals surface area contributed by atoms with Crippen molar-refractivity contribution in [3.05, 3.63) is 33.2 Å². The molecule has 1 heterocycles. The summed E-state index contributed by atoms with van der Waals surface area (Å²) < 4.78 is 10.2. The van der Waals surface area contributed by atoms with Crippen molar-refractivity contribution in [3.63, 3.8) is 0 Å². The van der Waals surface area contributed by atoms with Crippen LogP contribution in [0.2, 0.25) is 0 Å². The van der Waals surface area contributed by atoms with Gasteiger partial charge in [0, 0.05) is 10.0 Å². The number of nitrogens with one attached hydrogen (secondary N) is 1. The minimum atomic E-state index is -0.576. The van der Waals surface area contributed by atoms with Crippen LogP contribution in [0.3, 0.4) is 0 Å². The molecule has 15 heavy (non-hydrogen) atoms. The minimum Gasteiger partial charge on any atom is -0.497 e. The van der Waals surface area contributed by atoms with Crippen LogP contribution in [0.1, 0.15) is 0 Å². The SMILES string of the molecule is COc1ccc(-c2noc(=O)[nH]2)c(Br)c1. The van der Waals surface area contributed by atoms with Crippen LogP contribution >= 0.6 is 15.9 Å². The van der Waals surface area contributed by atoms with E-state index >= 15 is 0 Å². The van der Waals surface area contributed by atoms with Crippen molar-refractivity contribution in [2.24, 2.45) is 0 Å². The number of aromatic nitrogens is 2. The molecule has 0 amide bonds. The highest BCUT2D eigenvalue weighted by Crippen LogP contribution is 2.28. The molecule has 0 aliphatic heterocycles. The van der Waals surface area contributed by atoms with Gasteiger partial charge in [0.05, 0.1) is 7.11 Å². The molecule has 0 unspecified atom stereocenters. The zero-order valence-corrected chi connectivity index (χ0v) is 9.37. The molecule has 78 valence electrons. The van der Waals surface area contributed by atoms with Gasteiger partial charge in [0.25, 0.3) is 0 Å². The largest absolute Gasteiger partial charge is 0.497 e. The van der Waals surface area contributed by atoms with Gasteiger partial charge >= 0.3 is 5.76 Å². The topological polar surface area (TPSA) is 68.1 Å². The van der Waals surface area contributed by atoms with E-state index in [2.05, 4.69) is 30.6 Å². The Morgan fingerprint density at radius 3 is 2.87 bits per heavy atom. The van der Waals surface area contributed by atoms with Crippen LogP contribution in [0.5, 0.6) is 5.75 Å². The first-order valence-electron chi connectivity index (χ1n) is 4.10. The molecule has 1 N–H and O–H groups in total. The molecule has 6 heteroatoms. The Balaban J connectivity index is 2.49. The van der Waals surface area contributed by atoms with E-state index in [9.17, 15) is 4.79 Å². The molecule has 0 saturated heterocycles. The Kier molecular flexibility index (Phi) is 2.59. The van der Waals surface area contributed by atoms with E-state index in [1.54, 1.807) is 25.3 Å². The van der Waals surface area contributed by atoms with Crippen LogP contribution in [-0.2, 0) is 0 Å². The molecular weight excluding hydrogens is 264 g/mol. The molecule has 2 rings (SSSR count). The third kappa shape index (κ3) is 1.94. The minimum absolute atomic E-state index is 0.384. The lowest BCUT2D eigenvalue weighted by Crippen LogP contribution is -1.95. The van der Waals surface area contributed by atoms with E-state index in [1.807, 2.05) is 0 Å². The Morgan fingerprint density at radius 2 is 2.33 bits per heavy atom. The second kappa shape index (κ2) is 3.90. The van der Waals surface area contributed by atoms with E-state index in [0.717, 1.165) is 15.8 Å². The third-order valence-corrected chi connectivity index (χ3v) is 2.53. The quantitative estimate of drug-likeness (QED) is 0.904. The van der Waals surface area contributed by atoms with Crippen LogP contribution in [-0.4, -0.2) is 17.3 Å². The van der Waals surface area contributed by atoms with Crippen LogP contribution in [0.4, 0.5) is 0 Å². The van der Waals surface area contributed by atoms with Crippen molar-refractivity contribution in [2.45, 2.75) is 0 Å². The van der Waals surface area contributed by atoms with Crippen molar-refractivity contribution in [3.8, 4) is 17.1 Å². The van der Waals surface area contributed by atoms with Gasteiger partial charge in [0.15, 0.2) is 5.82 Å². The average Bonchev–Trinajstić information content (AvgIpc) is 2.64. The summed E-state index contributed by atoms with van der Waals surface area (Å²) >= 11 is 3.35. The Hall–Kier alpha value is -1.56. The van der Waals surface area contributed by atoms with Gasteiger partial charge in [0.2, 0.25) is 0 Å². The molecule has 1 aromatic carbocycles. The zero-order chi connectivity index (χ0) is 10.8. The molecule has 0 aliphatic carbocycles. The number of aromatic amines is 1. The van der Waals surface area contributed by atoms with E-state index in [0.29, 0.717) is 5.82 Å². The number of rotatable bonds is 2. The lowest BCUT2D eigenvalue weighted by atomic mass is 10.2. The van der Waals surface area contributed by atoms with Crippen molar-refractivity contribution >= 4 is 15.9 Å². The van der Waals surface area contributed by atoms with Gasteiger partial charge in [-0.25, -0.2) is 4.79 Å². The van der Waals surface area contributed by atoms with Gasteiger partial charge in [0.1, 0.15) is 5.75 Å². The van der Waals surface area contributed by atoms with E-state index < -0.39 is 5.76 Å². The molecule has 1 aromatic heterocycles. The molecule has 0 radical (unpaired) electrons. The molecular formula is C9H7BrN2O3. The van der Waals surface area contributed by atoms with Crippen molar-refractivity contribution in [2.75, 3.05) is 7.11 Å². The van der Waals surface area contributed by atoms with Gasteiger partial charge in [-0.05, 0) is 34.1 Å². The number of ether oxygens (including phenoxy) is 1. The van der Waals surface area contributed by atoms with Gasteiger partial charge in [-0.3, -0.25) is 9.51 Å². The average molecular weight is 271 g/mol. The first-order valence-corrected chi connectivity index (χ1v) is 4.90. The second-order valence-electron chi connectivity index (χ2n) is 2.79. The summed E-state index contributed by atoms with van der Waals surface area (Å²) in [6, 6.07) is 5.33. The van der Waals surface area contributed by atoms with Gasteiger partial charge in [-0.15, -0.1) is 0 Å². The number of halogens is 1. The smallest absolute Gasteiger partial charge is 0.439 e. The maximum Gasteiger partial charge on any atom is 0.439 e. The number of H-pyrrole nitrogens is 1. The molecule has 0 aliphatic rings. The molecule has 0 fully saturated rings. The molecule has 5 nitrogen and oxygen atoms in total. The summed E-state index contributed by atoms with van der Waals surface area (Å²) in [6.07, 6.45) is 0. The molecule has 0 bridgehead atoms. The monoisotopic (exact) mass is 270 g/mol. The van der Waals surface area contributed by atoms with Crippen LogP contribution < -0.4 is 10.5 Å². The maximum absolute atomic E-state index is 10.8. The van der Waals surface area contributed by atoms with Crippen molar-refractivity contribution in [1.82, 2.24) is 10.1 Å². The Labute approximate surface area is 93.2 Å². The Bertz CT molecular complexity index is 532. The number of benzene rings is 1. The zero-order valence-electron chi connectivity index (χ0n) is 7.78. The van der Waals surface area contributed by atoms with Crippen LogP contribution in [0, 0.1) is 0 Å². The summed E-state index contributed by atoms with van der Waals surface area (Å²) in [5.74, 6) is 0.527. The van der Waals surface area contributed by atoms with E-state index in [-0.39, 0.29) is 0 Å². The van der Waals surface area contributed by atoms with Gasteiger partial charge < -0.3 is 4.74 Å². The molecule has 0 spiro atoms. The summed E-state index contributed by atoms with van der Waals surface area (Å²) in [5.41, 5.74) is 0.738. The fourth-order valence-electron chi connectivity index (χ4n) is 1.16. The summed E-state index contributed by atoms with van der Waals surface area (Å²) in [4.78, 5) is 13.2. The predicted molar refractivity (Wildman–Crippen MR) is 56.8 cm³/mol. The van der Waals surface area contributed by atoms with Gasteiger partial charge in [-0.1, -0.05) is 5.16 Å². The summed E-state index contributed by atoms with van der Waals surface area (Å²) in [6.45, 7) is 0. The lowest BCUT2D eigenvalue weighted by Gasteiger charge is -2.03. The predicted octanol–water partition coefficient (Wildman–Crippen LogP) is 1.80. The van der Waals surface area contributed by atoms with Gasteiger partial charge in [-0.2, -0.15) is 0 Å².